The summed E-state index contributed by atoms with van der Waals surface area (Å²) in [5.41, 5.74) is 4.92. The van der Waals surface area contributed by atoms with Crippen molar-refractivity contribution in [2.24, 2.45) is 0 Å². The molecule has 0 saturated carbocycles. The summed E-state index contributed by atoms with van der Waals surface area (Å²) in [5.74, 6) is 0. The first-order valence-corrected chi connectivity index (χ1v) is 17.4. The fourth-order valence-corrected chi connectivity index (χ4v) is 5.67. The van der Waals surface area contributed by atoms with E-state index < -0.39 is 0 Å². The number of unbranched alkanes of at least 4 members (excludes halogenated alkanes) is 18. The van der Waals surface area contributed by atoms with Crippen LogP contribution >= 0.6 is 12.2 Å². The van der Waals surface area contributed by atoms with Crippen molar-refractivity contribution in [3.05, 3.63) is 59.7 Å². The first-order chi connectivity index (χ1) is 19.7. The molecule has 224 valence electrons. The van der Waals surface area contributed by atoms with Gasteiger partial charge in [0.15, 0.2) is 5.11 Å². The highest BCUT2D eigenvalue weighted by atomic mass is 32.1. The highest BCUT2D eigenvalue weighted by Crippen LogP contribution is 2.17. The minimum atomic E-state index is 0.643. The van der Waals surface area contributed by atoms with Crippen LogP contribution in [0.3, 0.4) is 0 Å². The van der Waals surface area contributed by atoms with Gasteiger partial charge in [0.05, 0.1) is 0 Å². The Morgan fingerprint density at radius 1 is 0.425 bits per heavy atom. The van der Waals surface area contributed by atoms with Gasteiger partial charge in [-0.05, 0) is 73.3 Å². The third-order valence-corrected chi connectivity index (χ3v) is 8.27. The van der Waals surface area contributed by atoms with Gasteiger partial charge >= 0.3 is 0 Å². The molecule has 0 aliphatic rings. The average Bonchev–Trinajstić information content (AvgIpc) is 2.96. The summed E-state index contributed by atoms with van der Waals surface area (Å²) in [6.07, 6.45) is 30.1. The fourth-order valence-electron chi connectivity index (χ4n) is 5.44. The maximum absolute atomic E-state index is 5.56. The van der Waals surface area contributed by atoms with Gasteiger partial charge < -0.3 is 10.6 Å². The Hall–Kier alpha value is -1.87. The lowest BCUT2D eigenvalue weighted by Gasteiger charge is -2.12. The largest absolute Gasteiger partial charge is 0.332 e. The average molecular weight is 565 g/mol. The predicted octanol–water partition coefficient (Wildman–Crippen LogP) is 12.4. The predicted molar refractivity (Wildman–Crippen MR) is 184 cm³/mol. The van der Waals surface area contributed by atoms with E-state index in [2.05, 4.69) is 73.0 Å². The molecule has 2 aromatic rings. The zero-order valence-electron chi connectivity index (χ0n) is 26.1. The van der Waals surface area contributed by atoms with Crippen molar-refractivity contribution in [1.82, 2.24) is 0 Å². The molecule has 0 atom stereocenters. The maximum Gasteiger partial charge on any atom is 0.175 e. The number of thiocarbonyl (C=S) groups is 1. The van der Waals surface area contributed by atoms with Crippen molar-refractivity contribution in [1.29, 1.82) is 0 Å². The molecule has 0 bridgehead atoms. The van der Waals surface area contributed by atoms with Crippen molar-refractivity contribution in [2.75, 3.05) is 10.6 Å². The van der Waals surface area contributed by atoms with E-state index in [1.54, 1.807) is 0 Å². The molecule has 0 aliphatic carbocycles. The van der Waals surface area contributed by atoms with E-state index in [0.717, 1.165) is 11.4 Å². The molecular weight excluding hydrogens is 504 g/mol. The van der Waals surface area contributed by atoms with Crippen LogP contribution in [-0.4, -0.2) is 5.11 Å². The molecule has 0 amide bonds. The van der Waals surface area contributed by atoms with E-state index in [4.69, 9.17) is 12.2 Å². The summed E-state index contributed by atoms with van der Waals surface area (Å²) in [7, 11) is 0. The van der Waals surface area contributed by atoms with E-state index in [9.17, 15) is 0 Å². The van der Waals surface area contributed by atoms with Gasteiger partial charge in [-0.25, -0.2) is 0 Å². The minimum Gasteiger partial charge on any atom is -0.332 e. The van der Waals surface area contributed by atoms with Gasteiger partial charge in [-0.15, -0.1) is 0 Å². The van der Waals surface area contributed by atoms with Gasteiger partial charge in [-0.2, -0.15) is 0 Å². The van der Waals surface area contributed by atoms with Crippen molar-refractivity contribution in [3.8, 4) is 0 Å². The molecule has 0 fully saturated rings. The summed E-state index contributed by atoms with van der Waals surface area (Å²) >= 11 is 5.56. The van der Waals surface area contributed by atoms with E-state index in [0.29, 0.717) is 5.11 Å². The first kappa shape index (κ1) is 34.3. The van der Waals surface area contributed by atoms with Crippen LogP contribution in [0.25, 0.3) is 0 Å². The molecule has 40 heavy (non-hydrogen) atoms. The molecule has 0 aromatic heterocycles. The fraction of sp³-hybridized carbons (Fsp3) is 0.649. The van der Waals surface area contributed by atoms with Crippen LogP contribution in [-0.2, 0) is 12.8 Å². The van der Waals surface area contributed by atoms with Crippen molar-refractivity contribution >= 4 is 28.7 Å². The maximum atomic E-state index is 5.56. The lowest BCUT2D eigenvalue weighted by Crippen LogP contribution is -2.19. The van der Waals surface area contributed by atoms with Crippen LogP contribution in [0, 0.1) is 0 Å². The Kier molecular flexibility index (Phi) is 20.4. The summed E-state index contributed by atoms with van der Waals surface area (Å²) < 4.78 is 0. The molecule has 0 spiro atoms. The number of aryl methyl sites for hydroxylation is 2. The van der Waals surface area contributed by atoms with Crippen molar-refractivity contribution < 1.29 is 0 Å². The van der Waals surface area contributed by atoms with Gasteiger partial charge in [0.25, 0.3) is 0 Å². The molecule has 0 saturated heterocycles. The lowest BCUT2D eigenvalue weighted by molar-refractivity contribution is 0.556. The molecule has 2 aromatic carbocycles. The number of benzene rings is 2. The number of anilines is 2. The molecule has 0 aliphatic heterocycles. The van der Waals surface area contributed by atoms with Crippen LogP contribution in [0.4, 0.5) is 11.4 Å². The van der Waals surface area contributed by atoms with Crippen molar-refractivity contribution in [3.63, 3.8) is 0 Å². The Morgan fingerprint density at radius 2 is 0.700 bits per heavy atom. The van der Waals surface area contributed by atoms with E-state index in [-0.39, 0.29) is 0 Å². The summed E-state index contributed by atoms with van der Waals surface area (Å²) in [6.45, 7) is 4.57. The second-order valence-electron chi connectivity index (χ2n) is 11.8. The number of nitrogens with one attached hydrogen (secondary N) is 2. The number of rotatable bonds is 24. The Morgan fingerprint density at radius 3 is 1.00 bits per heavy atom. The highest BCUT2D eigenvalue weighted by Gasteiger charge is 2.02. The molecule has 2 N–H and O–H groups in total. The Labute approximate surface area is 253 Å². The molecular formula is C37H60N2S. The molecule has 0 radical (unpaired) electrons. The SMILES string of the molecule is CCCCCCCCCCCCc1ccc(NC(=S)Nc2ccc(CCCCCCCCCCCC)cc2)cc1. The third-order valence-electron chi connectivity index (χ3n) is 8.06. The molecule has 2 rings (SSSR count). The molecule has 2 nitrogen and oxygen atoms in total. The standard InChI is InChI=1S/C37H60N2S/c1-3-5-7-9-11-13-15-17-19-21-23-33-25-29-35(30-26-33)38-37(40)39-36-31-27-34(28-32-36)24-22-20-18-16-14-12-10-8-6-4-2/h25-32H,3-24H2,1-2H3,(H2,38,39,40). The summed E-state index contributed by atoms with van der Waals surface area (Å²) in [6, 6.07) is 17.5. The minimum absolute atomic E-state index is 0.643. The van der Waals surface area contributed by atoms with Crippen LogP contribution in [0.1, 0.15) is 153 Å². The molecule has 0 heterocycles. The molecule has 0 unspecified atom stereocenters. The van der Waals surface area contributed by atoms with E-state index in [1.807, 2.05) is 0 Å². The first-order valence-electron chi connectivity index (χ1n) is 17.0. The summed E-state index contributed by atoms with van der Waals surface area (Å²) in [5, 5.41) is 7.31. The van der Waals surface area contributed by atoms with Crippen molar-refractivity contribution in [2.45, 2.75) is 155 Å². The Bertz CT molecular complexity index is 787. The van der Waals surface area contributed by atoms with Gasteiger partial charge in [0.2, 0.25) is 0 Å². The van der Waals surface area contributed by atoms with Crippen LogP contribution in [0.5, 0.6) is 0 Å². The van der Waals surface area contributed by atoms with Gasteiger partial charge in [-0.1, -0.05) is 154 Å². The van der Waals surface area contributed by atoms with E-state index >= 15 is 0 Å². The van der Waals surface area contributed by atoms with Crippen LogP contribution in [0.2, 0.25) is 0 Å². The smallest absolute Gasteiger partial charge is 0.175 e. The third kappa shape index (κ3) is 17.7. The van der Waals surface area contributed by atoms with Crippen LogP contribution in [0.15, 0.2) is 48.5 Å². The highest BCUT2D eigenvalue weighted by molar-refractivity contribution is 7.80. The zero-order valence-corrected chi connectivity index (χ0v) is 26.9. The normalized spacial score (nSPS) is 11.1. The Balaban J connectivity index is 1.52. The topological polar surface area (TPSA) is 24.1 Å². The van der Waals surface area contributed by atoms with E-state index in [1.165, 1.54) is 152 Å². The molecule has 3 heteroatoms. The monoisotopic (exact) mass is 564 g/mol. The number of hydrogen-bond acceptors (Lipinski definition) is 1. The summed E-state index contributed by atoms with van der Waals surface area (Å²) in [4.78, 5) is 0. The van der Waals surface area contributed by atoms with Crippen LogP contribution < -0.4 is 10.6 Å². The van der Waals surface area contributed by atoms with Gasteiger partial charge in [0.1, 0.15) is 0 Å². The zero-order chi connectivity index (χ0) is 28.5. The van der Waals surface area contributed by atoms with Gasteiger partial charge in [0, 0.05) is 11.4 Å². The quantitative estimate of drug-likeness (QED) is 0.0979. The lowest BCUT2D eigenvalue weighted by atomic mass is 10.0. The number of hydrogen-bond donors (Lipinski definition) is 2. The van der Waals surface area contributed by atoms with Gasteiger partial charge in [-0.3, -0.25) is 0 Å². The second kappa shape index (κ2) is 23.8. The second-order valence-corrected chi connectivity index (χ2v) is 12.2.